The minimum Gasteiger partial charge on any atom is -0.497 e. The molecule has 2 rings (SSSR count). The minimum atomic E-state index is -0.391. The fourth-order valence-electron chi connectivity index (χ4n) is 2.94. The van der Waals surface area contributed by atoms with Gasteiger partial charge in [-0.15, -0.1) is 0 Å². The first-order valence-electron chi connectivity index (χ1n) is 8.36. The summed E-state index contributed by atoms with van der Waals surface area (Å²) in [4.78, 5) is 16.6. The SMILES string of the molecule is COc1cccc([C@@H](C)N2CCN(C(=O)[C@@H](N)C(C)C)CC2)c1. The van der Waals surface area contributed by atoms with Crippen molar-refractivity contribution >= 4 is 5.91 Å². The second kappa shape index (κ2) is 7.79. The first kappa shape index (κ1) is 17.8. The van der Waals surface area contributed by atoms with Crippen molar-refractivity contribution < 1.29 is 9.53 Å². The van der Waals surface area contributed by atoms with Crippen LogP contribution in [-0.2, 0) is 4.79 Å². The van der Waals surface area contributed by atoms with E-state index in [1.54, 1.807) is 7.11 Å². The van der Waals surface area contributed by atoms with Crippen LogP contribution in [0, 0.1) is 5.92 Å². The molecule has 0 bridgehead atoms. The Morgan fingerprint density at radius 3 is 2.39 bits per heavy atom. The maximum Gasteiger partial charge on any atom is 0.239 e. The Hall–Kier alpha value is -1.59. The van der Waals surface area contributed by atoms with Crippen molar-refractivity contribution in [2.75, 3.05) is 33.3 Å². The third-order valence-corrected chi connectivity index (χ3v) is 4.75. The number of amides is 1. The number of rotatable bonds is 5. The van der Waals surface area contributed by atoms with Crippen molar-refractivity contribution in [3.63, 3.8) is 0 Å². The molecular weight excluding hydrogens is 290 g/mol. The third kappa shape index (κ3) is 4.24. The second-order valence-corrected chi connectivity index (χ2v) is 6.58. The van der Waals surface area contributed by atoms with Crippen molar-refractivity contribution in [1.29, 1.82) is 0 Å². The highest BCUT2D eigenvalue weighted by molar-refractivity contribution is 5.82. The largest absolute Gasteiger partial charge is 0.497 e. The molecule has 1 fully saturated rings. The highest BCUT2D eigenvalue weighted by atomic mass is 16.5. The molecule has 128 valence electrons. The van der Waals surface area contributed by atoms with Gasteiger partial charge in [0, 0.05) is 32.2 Å². The molecule has 0 aromatic heterocycles. The molecule has 5 nitrogen and oxygen atoms in total. The number of nitrogens with zero attached hydrogens (tertiary/aromatic N) is 2. The van der Waals surface area contributed by atoms with E-state index >= 15 is 0 Å². The van der Waals surface area contributed by atoms with Gasteiger partial charge in [0.25, 0.3) is 0 Å². The molecule has 2 N–H and O–H groups in total. The Labute approximate surface area is 139 Å². The molecule has 0 radical (unpaired) electrons. The van der Waals surface area contributed by atoms with E-state index in [-0.39, 0.29) is 11.8 Å². The molecule has 0 spiro atoms. The number of carbonyl (C=O) groups excluding carboxylic acids is 1. The summed E-state index contributed by atoms with van der Waals surface area (Å²) >= 11 is 0. The Morgan fingerprint density at radius 2 is 1.83 bits per heavy atom. The van der Waals surface area contributed by atoms with Gasteiger partial charge in [-0.25, -0.2) is 0 Å². The van der Waals surface area contributed by atoms with Crippen LogP contribution in [0.5, 0.6) is 5.75 Å². The van der Waals surface area contributed by atoms with E-state index in [0.29, 0.717) is 6.04 Å². The van der Waals surface area contributed by atoms with Gasteiger partial charge >= 0.3 is 0 Å². The molecule has 0 unspecified atom stereocenters. The molecule has 1 aliphatic heterocycles. The first-order chi connectivity index (χ1) is 10.9. The molecule has 1 aliphatic rings. The van der Waals surface area contributed by atoms with Crippen LogP contribution in [0.25, 0.3) is 0 Å². The zero-order chi connectivity index (χ0) is 17.0. The van der Waals surface area contributed by atoms with E-state index in [9.17, 15) is 4.79 Å². The monoisotopic (exact) mass is 319 g/mol. The topological polar surface area (TPSA) is 58.8 Å². The van der Waals surface area contributed by atoms with Crippen LogP contribution in [0.4, 0.5) is 0 Å². The predicted octanol–water partition coefficient (Wildman–Crippen LogP) is 1.88. The summed E-state index contributed by atoms with van der Waals surface area (Å²) in [5.41, 5.74) is 7.23. The molecule has 1 saturated heterocycles. The number of nitrogens with two attached hydrogens (primary N) is 1. The van der Waals surface area contributed by atoms with Crippen LogP contribution in [-0.4, -0.2) is 55.0 Å². The fourth-order valence-corrected chi connectivity index (χ4v) is 2.94. The van der Waals surface area contributed by atoms with Gasteiger partial charge in [-0.3, -0.25) is 9.69 Å². The van der Waals surface area contributed by atoms with Crippen LogP contribution in [0.1, 0.15) is 32.4 Å². The van der Waals surface area contributed by atoms with Crippen molar-refractivity contribution in [3.05, 3.63) is 29.8 Å². The molecule has 1 amide bonds. The zero-order valence-corrected chi connectivity index (χ0v) is 14.7. The number of methoxy groups -OCH3 is 1. The molecule has 0 saturated carbocycles. The average Bonchev–Trinajstić information content (AvgIpc) is 2.59. The molecule has 2 atom stereocenters. The Kier molecular flexibility index (Phi) is 6.02. The lowest BCUT2D eigenvalue weighted by Gasteiger charge is -2.39. The lowest BCUT2D eigenvalue weighted by molar-refractivity contribution is -0.135. The quantitative estimate of drug-likeness (QED) is 0.900. The molecule has 23 heavy (non-hydrogen) atoms. The van der Waals surface area contributed by atoms with Gasteiger partial charge in [0.2, 0.25) is 5.91 Å². The lowest BCUT2D eigenvalue weighted by Crippen LogP contribution is -2.54. The standard InChI is InChI=1S/C18H29N3O2/c1-13(2)17(19)18(22)21-10-8-20(9-11-21)14(3)15-6-5-7-16(12-15)23-4/h5-7,12-14,17H,8-11,19H2,1-4H3/t14-,17+/m1/s1. The number of carbonyl (C=O) groups is 1. The van der Waals surface area contributed by atoms with Gasteiger partial charge < -0.3 is 15.4 Å². The second-order valence-electron chi connectivity index (χ2n) is 6.58. The smallest absolute Gasteiger partial charge is 0.239 e. The number of hydrogen-bond acceptors (Lipinski definition) is 4. The van der Waals surface area contributed by atoms with E-state index in [1.807, 2.05) is 30.9 Å². The van der Waals surface area contributed by atoms with Gasteiger partial charge in [-0.1, -0.05) is 26.0 Å². The summed E-state index contributed by atoms with van der Waals surface area (Å²) < 4.78 is 5.30. The van der Waals surface area contributed by atoms with Gasteiger partial charge in [0.05, 0.1) is 13.2 Å². The number of ether oxygens (including phenoxy) is 1. The van der Waals surface area contributed by atoms with Crippen LogP contribution in [0.3, 0.4) is 0 Å². The van der Waals surface area contributed by atoms with E-state index in [0.717, 1.165) is 31.9 Å². The van der Waals surface area contributed by atoms with E-state index in [1.165, 1.54) is 5.56 Å². The first-order valence-corrected chi connectivity index (χ1v) is 8.36. The highest BCUT2D eigenvalue weighted by Gasteiger charge is 2.28. The van der Waals surface area contributed by atoms with Crippen molar-refractivity contribution in [2.24, 2.45) is 11.7 Å². The highest BCUT2D eigenvalue weighted by Crippen LogP contribution is 2.25. The number of benzene rings is 1. The summed E-state index contributed by atoms with van der Waals surface area (Å²) in [6, 6.07) is 8.10. The predicted molar refractivity (Wildman–Crippen MR) is 92.4 cm³/mol. The Balaban J connectivity index is 1.94. The summed E-state index contributed by atoms with van der Waals surface area (Å²) in [5.74, 6) is 1.14. The van der Waals surface area contributed by atoms with Crippen molar-refractivity contribution in [2.45, 2.75) is 32.9 Å². The van der Waals surface area contributed by atoms with Gasteiger partial charge in [0.15, 0.2) is 0 Å². The average molecular weight is 319 g/mol. The van der Waals surface area contributed by atoms with E-state index < -0.39 is 6.04 Å². The molecule has 1 aromatic rings. The normalized spacial score (nSPS) is 18.8. The summed E-state index contributed by atoms with van der Waals surface area (Å²) in [5, 5.41) is 0. The van der Waals surface area contributed by atoms with Crippen molar-refractivity contribution in [1.82, 2.24) is 9.80 Å². The summed E-state index contributed by atoms with van der Waals surface area (Å²) in [7, 11) is 1.69. The Bertz CT molecular complexity index is 525. The fraction of sp³-hybridized carbons (Fsp3) is 0.611. The van der Waals surface area contributed by atoms with Crippen LogP contribution < -0.4 is 10.5 Å². The Morgan fingerprint density at radius 1 is 1.17 bits per heavy atom. The molecule has 0 aliphatic carbocycles. The molecular formula is C18H29N3O2. The molecule has 1 heterocycles. The lowest BCUT2D eigenvalue weighted by atomic mass is 10.0. The molecule has 5 heteroatoms. The number of piperazine rings is 1. The van der Waals surface area contributed by atoms with Crippen LogP contribution in [0.15, 0.2) is 24.3 Å². The van der Waals surface area contributed by atoms with E-state index in [4.69, 9.17) is 10.5 Å². The third-order valence-electron chi connectivity index (χ3n) is 4.75. The van der Waals surface area contributed by atoms with Gasteiger partial charge in [0.1, 0.15) is 5.75 Å². The van der Waals surface area contributed by atoms with Crippen molar-refractivity contribution in [3.8, 4) is 5.75 Å². The summed E-state index contributed by atoms with van der Waals surface area (Å²) in [6.07, 6.45) is 0. The van der Waals surface area contributed by atoms with Crippen LogP contribution in [0.2, 0.25) is 0 Å². The minimum absolute atomic E-state index is 0.0775. The summed E-state index contributed by atoms with van der Waals surface area (Å²) in [6.45, 7) is 9.41. The van der Waals surface area contributed by atoms with E-state index in [2.05, 4.69) is 24.0 Å². The maximum absolute atomic E-state index is 12.3. The van der Waals surface area contributed by atoms with Gasteiger partial charge in [-0.05, 0) is 30.5 Å². The number of hydrogen-bond donors (Lipinski definition) is 1. The maximum atomic E-state index is 12.3. The van der Waals surface area contributed by atoms with Crippen LogP contribution >= 0.6 is 0 Å². The molecule has 1 aromatic carbocycles. The zero-order valence-electron chi connectivity index (χ0n) is 14.7. The van der Waals surface area contributed by atoms with Gasteiger partial charge in [-0.2, -0.15) is 0 Å².